The third-order valence-electron chi connectivity index (χ3n) is 4.57. The summed E-state index contributed by atoms with van der Waals surface area (Å²) in [5, 5.41) is 5.94. The molecule has 2 aromatic carbocycles. The van der Waals surface area contributed by atoms with E-state index in [4.69, 9.17) is 19.9 Å². The molecule has 0 spiro atoms. The van der Waals surface area contributed by atoms with Gasteiger partial charge in [-0.1, -0.05) is 12.1 Å². The number of guanidine groups is 1. The van der Waals surface area contributed by atoms with Crippen molar-refractivity contribution in [2.24, 2.45) is 10.7 Å². The monoisotopic (exact) mass is 540 g/mol. The van der Waals surface area contributed by atoms with Crippen molar-refractivity contribution in [3.63, 3.8) is 0 Å². The molecule has 0 heterocycles. The second-order valence-electron chi connectivity index (χ2n) is 6.99. The average molecular weight is 540 g/mol. The van der Waals surface area contributed by atoms with Gasteiger partial charge in [0.05, 0.1) is 14.2 Å². The predicted octanol–water partition coefficient (Wildman–Crippen LogP) is 2.95. The predicted molar refractivity (Wildman–Crippen MR) is 132 cm³/mol. The molecule has 0 bridgehead atoms. The van der Waals surface area contributed by atoms with Crippen LogP contribution in [0.3, 0.4) is 0 Å². The van der Waals surface area contributed by atoms with Crippen LogP contribution < -0.4 is 30.6 Å². The van der Waals surface area contributed by atoms with Crippen LogP contribution in [0, 0.1) is 0 Å². The van der Waals surface area contributed by atoms with Crippen LogP contribution in [0.4, 0.5) is 5.69 Å². The highest BCUT2D eigenvalue weighted by Gasteiger charge is 2.23. The zero-order valence-corrected chi connectivity index (χ0v) is 20.1. The summed E-state index contributed by atoms with van der Waals surface area (Å²) < 4.78 is 16.0. The second kappa shape index (κ2) is 12.2. The molecule has 0 unspecified atom stereocenters. The van der Waals surface area contributed by atoms with Crippen LogP contribution in [0.5, 0.6) is 17.2 Å². The van der Waals surface area contributed by atoms with Crippen molar-refractivity contribution in [2.45, 2.75) is 25.3 Å². The topological polar surface area (TPSA) is 107 Å². The minimum atomic E-state index is -0.0756. The fourth-order valence-electron chi connectivity index (χ4n) is 2.81. The highest BCUT2D eigenvalue weighted by atomic mass is 127. The molecule has 1 amide bonds. The SMILES string of the molecule is COc1ccc(NC(N)=NCCc2ccc(OCC(=O)NC3CC3)cc2)cc1OC.I. The summed E-state index contributed by atoms with van der Waals surface area (Å²) in [5.41, 5.74) is 7.84. The largest absolute Gasteiger partial charge is 0.493 e. The number of halogens is 1. The minimum Gasteiger partial charge on any atom is -0.493 e. The number of rotatable bonds is 10. The number of nitrogens with one attached hydrogen (secondary N) is 2. The Kier molecular flexibility index (Phi) is 9.70. The van der Waals surface area contributed by atoms with E-state index in [1.54, 1.807) is 26.4 Å². The number of benzene rings is 2. The van der Waals surface area contributed by atoms with Gasteiger partial charge in [-0.15, -0.1) is 24.0 Å². The summed E-state index contributed by atoms with van der Waals surface area (Å²) in [7, 11) is 3.17. The van der Waals surface area contributed by atoms with E-state index in [9.17, 15) is 4.79 Å². The van der Waals surface area contributed by atoms with Gasteiger partial charge in [0.15, 0.2) is 24.1 Å². The third kappa shape index (κ3) is 8.16. The molecule has 3 rings (SSSR count). The maximum atomic E-state index is 11.7. The summed E-state index contributed by atoms with van der Waals surface area (Å²) in [6.07, 6.45) is 2.87. The standard InChI is InChI=1S/C22H28N4O4.HI/c1-28-19-10-7-17(13-20(19)29-2)26-22(23)24-12-11-15-3-8-18(9-4-15)30-14-21(27)25-16-5-6-16;/h3-4,7-10,13,16H,5-6,11-12,14H2,1-2H3,(H,25,27)(H3,23,24,26);1H. The minimum absolute atomic E-state index is 0. The van der Waals surface area contributed by atoms with Crippen LogP contribution in [0.25, 0.3) is 0 Å². The van der Waals surface area contributed by atoms with Crippen LogP contribution in [-0.2, 0) is 11.2 Å². The van der Waals surface area contributed by atoms with E-state index in [-0.39, 0.29) is 36.5 Å². The Balaban J connectivity index is 0.00000341. The lowest BCUT2D eigenvalue weighted by molar-refractivity contribution is -0.123. The van der Waals surface area contributed by atoms with Crippen molar-refractivity contribution in [2.75, 3.05) is 32.7 Å². The van der Waals surface area contributed by atoms with Crippen molar-refractivity contribution in [3.05, 3.63) is 48.0 Å². The van der Waals surface area contributed by atoms with Gasteiger partial charge in [-0.2, -0.15) is 0 Å². The molecule has 0 radical (unpaired) electrons. The molecule has 31 heavy (non-hydrogen) atoms. The van der Waals surface area contributed by atoms with E-state index in [1.807, 2.05) is 30.3 Å². The first-order chi connectivity index (χ1) is 14.6. The van der Waals surface area contributed by atoms with E-state index in [0.29, 0.717) is 35.8 Å². The van der Waals surface area contributed by atoms with Crippen LogP contribution in [0.2, 0.25) is 0 Å². The lowest BCUT2D eigenvalue weighted by atomic mass is 10.1. The number of nitrogens with zero attached hydrogens (tertiary/aromatic N) is 1. The highest BCUT2D eigenvalue weighted by molar-refractivity contribution is 14.0. The zero-order chi connectivity index (χ0) is 21.3. The summed E-state index contributed by atoms with van der Waals surface area (Å²) in [4.78, 5) is 16.0. The Labute approximate surface area is 199 Å². The molecule has 168 valence electrons. The van der Waals surface area contributed by atoms with Crippen molar-refractivity contribution in [3.8, 4) is 17.2 Å². The lowest BCUT2D eigenvalue weighted by Crippen LogP contribution is -2.30. The van der Waals surface area contributed by atoms with E-state index < -0.39 is 0 Å². The molecule has 0 aliphatic heterocycles. The number of methoxy groups -OCH3 is 2. The maximum Gasteiger partial charge on any atom is 0.258 e. The quantitative estimate of drug-likeness (QED) is 0.243. The molecule has 9 heteroatoms. The van der Waals surface area contributed by atoms with Gasteiger partial charge in [-0.25, -0.2) is 0 Å². The second-order valence-corrected chi connectivity index (χ2v) is 6.99. The zero-order valence-electron chi connectivity index (χ0n) is 17.7. The lowest BCUT2D eigenvalue weighted by Gasteiger charge is -2.11. The van der Waals surface area contributed by atoms with Gasteiger partial charge in [-0.3, -0.25) is 9.79 Å². The number of nitrogens with two attached hydrogens (primary N) is 1. The molecule has 4 N–H and O–H groups in total. The van der Waals surface area contributed by atoms with Gasteiger partial charge < -0.3 is 30.6 Å². The molecule has 0 aromatic heterocycles. The van der Waals surface area contributed by atoms with Gasteiger partial charge >= 0.3 is 0 Å². The van der Waals surface area contributed by atoms with Crippen molar-refractivity contribution < 1.29 is 19.0 Å². The number of ether oxygens (including phenoxy) is 3. The first-order valence-corrected chi connectivity index (χ1v) is 9.87. The molecule has 8 nitrogen and oxygen atoms in total. The van der Waals surface area contributed by atoms with Crippen molar-refractivity contribution in [1.29, 1.82) is 0 Å². The molecule has 1 fully saturated rings. The summed E-state index contributed by atoms with van der Waals surface area (Å²) in [6, 6.07) is 13.4. The fraction of sp³-hybridized carbons (Fsp3) is 0.364. The Hall–Kier alpha value is -2.69. The highest BCUT2D eigenvalue weighted by Crippen LogP contribution is 2.29. The van der Waals surface area contributed by atoms with Crippen LogP contribution >= 0.6 is 24.0 Å². The molecule has 1 aliphatic rings. The van der Waals surface area contributed by atoms with Crippen molar-refractivity contribution >= 4 is 41.5 Å². The molecule has 1 aliphatic carbocycles. The Morgan fingerprint density at radius 1 is 1.10 bits per heavy atom. The molecule has 2 aromatic rings. The number of carbonyl (C=O) groups excluding carboxylic acids is 1. The van der Waals surface area contributed by atoms with E-state index >= 15 is 0 Å². The first-order valence-electron chi connectivity index (χ1n) is 9.87. The number of amides is 1. The summed E-state index contributed by atoms with van der Waals surface area (Å²) in [5.74, 6) is 2.18. The van der Waals surface area contributed by atoms with E-state index in [1.165, 1.54) is 0 Å². The Morgan fingerprint density at radius 2 is 1.81 bits per heavy atom. The van der Waals surface area contributed by atoms with Crippen molar-refractivity contribution in [1.82, 2.24) is 5.32 Å². The molecular formula is C22H29IN4O4. The van der Waals surface area contributed by atoms with Gasteiger partial charge in [-0.05, 0) is 49.1 Å². The van der Waals surface area contributed by atoms with E-state index in [0.717, 1.165) is 30.5 Å². The Bertz CT molecular complexity index is 886. The number of anilines is 1. The molecule has 0 atom stereocenters. The number of hydrogen-bond donors (Lipinski definition) is 3. The number of hydrogen-bond acceptors (Lipinski definition) is 5. The number of aliphatic imine (C=N–C) groups is 1. The normalized spacial score (nSPS) is 13.0. The van der Waals surface area contributed by atoms with Gasteiger partial charge in [0, 0.05) is 24.3 Å². The van der Waals surface area contributed by atoms with Crippen LogP contribution in [0.15, 0.2) is 47.5 Å². The smallest absolute Gasteiger partial charge is 0.258 e. The fourth-order valence-corrected chi connectivity index (χ4v) is 2.81. The maximum absolute atomic E-state index is 11.7. The van der Waals surface area contributed by atoms with Crippen LogP contribution in [0.1, 0.15) is 18.4 Å². The van der Waals surface area contributed by atoms with E-state index in [2.05, 4.69) is 15.6 Å². The summed E-state index contributed by atoms with van der Waals surface area (Å²) in [6.45, 7) is 0.578. The number of carbonyl (C=O) groups is 1. The Morgan fingerprint density at radius 3 is 2.45 bits per heavy atom. The summed E-state index contributed by atoms with van der Waals surface area (Å²) >= 11 is 0. The molecular weight excluding hydrogens is 511 g/mol. The van der Waals surface area contributed by atoms with Crippen LogP contribution in [-0.4, -0.2) is 45.3 Å². The molecule has 0 saturated heterocycles. The van der Waals surface area contributed by atoms with Gasteiger partial charge in [0.1, 0.15) is 5.75 Å². The average Bonchev–Trinajstić information content (AvgIpc) is 3.57. The first kappa shape index (κ1) is 24.6. The van der Waals surface area contributed by atoms with Gasteiger partial charge in [0.25, 0.3) is 5.91 Å². The molecule has 1 saturated carbocycles. The third-order valence-corrected chi connectivity index (χ3v) is 4.57. The van der Waals surface area contributed by atoms with Gasteiger partial charge in [0.2, 0.25) is 0 Å².